The van der Waals surface area contributed by atoms with Crippen molar-refractivity contribution in [2.75, 3.05) is 12.8 Å². The molecule has 0 amide bonds. The quantitative estimate of drug-likeness (QED) is 0.798. The number of carbonyl (C=O) groups excluding carboxylic acids is 1. The molecule has 2 rings (SSSR count). The Bertz CT molecular complexity index is 492. The van der Waals surface area contributed by atoms with Gasteiger partial charge in [0.2, 0.25) is 0 Å². The predicted octanol–water partition coefficient (Wildman–Crippen LogP) is 0.757. The fraction of sp³-hybridized carbons (Fsp3) is 0.222. The first-order chi connectivity index (χ1) is 7.70. The molecule has 0 aliphatic heterocycles. The zero-order chi connectivity index (χ0) is 11.5. The van der Waals surface area contributed by atoms with Gasteiger partial charge in [-0.1, -0.05) is 0 Å². The lowest BCUT2D eigenvalue weighted by atomic mass is 10.4. The van der Waals surface area contributed by atoms with Gasteiger partial charge in [0.05, 0.1) is 19.3 Å². The summed E-state index contributed by atoms with van der Waals surface area (Å²) in [6.45, 7) is 0.499. The van der Waals surface area contributed by atoms with E-state index in [0.29, 0.717) is 12.2 Å². The molecule has 0 fully saturated rings. The number of methoxy groups -OCH3 is 1. The molecule has 0 saturated carbocycles. The summed E-state index contributed by atoms with van der Waals surface area (Å²) in [6, 6.07) is 0. The van der Waals surface area contributed by atoms with Gasteiger partial charge in [-0.3, -0.25) is 4.68 Å². The van der Waals surface area contributed by atoms with Gasteiger partial charge in [-0.25, -0.2) is 9.78 Å². The summed E-state index contributed by atoms with van der Waals surface area (Å²) < 4.78 is 6.13. The molecule has 16 heavy (non-hydrogen) atoms. The van der Waals surface area contributed by atoms with Crippen LogP contribution in [0.5, 0.6) is 0 Å². The third-order valence-electron chi connectivity index (χ3n) is 1.95. The topological polar surface area (TPSA) is 83.0 Å². The molecule has 0 aliphatic rings. The average Bonchev–Trinajstić information content (AvgIpc) is 2.88. The standard InChI is InChI=1S/C9H10N4O2S/c1-15-9(14)8-6(10)4-13(12-8)5-7-11-2-3-16-7/h2-4H,5,10H2,1H3. The molecule has 0 saturated heterocycles. The third-order valence-corrected chi connectivity index (χ3v) is 2.71. The van der Waals surface area contributed by atoms with Gasteiger partial charge < -0.3 is 10.5 Å². The Labute approximate surface area is 95.7 Å². The highest BCUT2D eigenvalue weighted by Gasteiger charge is 2.15. The van der Waals surface area contributed by atoms with Gasteiger partial charge in [0, 0.05) is 17.8 Å². The lowest BCUT2D eigenvalue weighted by Crippen LogP contribution is -2.06. The predicted molar refractivity (Wildman–Crippen MR) is 59.2 cm³/mol. The molecule has 2 N–H and O–H groups in total. The highest BCUT2D eigenvalue weighted by molar-refractivity contribution is 7.09. The van der Waals surface area contributed by atoms with Crippen LogP contribution in [0.2, 0.25) is 0 Å². The van der Waals surface area contributed by atoms with Crippen molar-refractivity contribution in [3.8, 4) is 0 Å². The monoisotopic (exact) mass is 238 g/mol. The molecule has 7 heteroatoms. The summed E-state index contributed by atoms with van der Waals surface area (Å²) in [7, 11) is 1.29. The van der Waals surface area contributed by atoms with Crippen LogP contribution >= 0.6 is 11.3 Å². The van der Waals surface area contributed by atoms with Gasteiger partial charge in [-0.15, -0.1) is 11.3 Å². The highest BCUT2D eigenvalue weighted by Crippen LogP contribution is 2.12. The molecule has 0 unspecified atom stereocenters. The van der Waals surface area contributed by atoms with Crippen molar-refractivity contribution in [3.63, 3.8) is 0 Å². The summed E-state index contributed by atoms with van der Waals surface area (Å²) in [5, 5.41) is 6.82. The van der Waals surface area contributed by atoms with Crippen molar-refractivity contribution in [2.45, 2.75) is 6.54 Å². The zero-order valence-electron chi connectivity index (χ0n) is 8.58. The zero-order valence-corrected chi connectivity index (χ0v) is 9.40. The van der Waals surface area contributed by atoms with Gasteiger partial charge in [-0.2, -0.15) is 5.10 Å². The van der Waals surface area contributed by atoms with Gasteiger partial charge >= 0.3 is 5.97 Å². The van der Waals surface area contributed by atoms with E-state index in [-0.39, 0.29) is 5.69 Å². The highest BCUT2D eigenvalue weighted by atomic mass is 32.1. The molecule has 84 valence electrons. The lowest BCUT2D eigenvalue weighted by molar-refractivity contribution is 0.0594. The van der Waals surface area contributed by atoms with E-state index in [2.05, 4.69) is 14.8 Å². The minimum absolute atomic E-state index is 0.138. The van der Waals surface area contributed by atoms with E-state index in [1.165, 1.54) is 18.4 Å². The Kier molecular flexibility index (Phi) is 2.86. The number of anilines is 1. The van der Waals surface area contributed by atoms with Crippen LogP contribution in [0, 0.1) is 0 Å². The van der Waals surface area contributed by atoms with Crippen molar-refractivity contribution in [2.24, 2.45) is 0 Å². The van der Waals surface area contributed by atoms with Gasteiger partial charge in [0.25, 0.3) is 0 Å². The smallest absolute Gasteiger partial charge is 0.360 e. The average molecular weight is 238 g/mol. The molecule has 0 spiro atoms. The van der Waals surface area contributed by atoms with Gasteiger partial charge in [0.15, 0.2) is 5.69 Å². The van der Waals surface area contributed by atoms with Crippen molar-refractivity contribution in [1.29, 1.82) is 0 Å². The molecule has 2 heterocycles. The number of nitrogens with zero attached hydrogens (tertiary/aromatic N) is 3. The van der Waals surface area contributed by atoms with Crippen molar-refractivity contribution in [1.82, 2.24) is 14.8 Å². The molecule has 0 bridgehead atoms. The maximum Gasteiger partial charge on any atom is 0.360 e. The number of nitrogens with two attached hydrogens (primary N) is 1. The largest absolute Gasteiger partial charge is 0.464 e. The van der Waals surface area contributed by atoms with Crippen LogP contribution in [-0.4, -0.2) is 27.8 Å². The second-order valence-electron chi connectivity index (χ2n) is 3.05. The fourth-order valence-electron chi connectivity index (χ4n) is 1.24. The summed E-state index contributed by atoms with van der Waals surface area (Å²) in [6.07, 6.45) is 3.31. The maximum absolute atomic E-state index is 11.3. The molecule has 0 atom stereocenters. The Morgan fingerprint density at radius 3 is 3.12 bits per heavy atom. The fourth-order valence-corrected chi connectivity index (χ4v) is 1.85. The number of aromatic nitrogens is 3. The van der Waals surface area contributed by atoms with Gasteiger partial charge in [-0.05, 0) is 0 Å². The normalized spacial score (nSPS) is 10.3. The van der Waals surface area contributed by atoms with Crippen molar-refractivity contribution < 1.29 is 9.53 Å². The second-order valence-corrected chi connectivity index (χ2v) is 4.03. The molecule has 0 radical (unpaired) electrons. The van der Waals surface area contributed by atoms with Crippen LogP contribution in [0.1, 0.15) is 15.5 Å². The maximum atomic E-state index is 11.3. The number of carbonyl (C=O) groups is 1. The van der Waals surface area contributed by atoms with E-state index >= 15 is 0 Å². The van der Waals surface area contributed by atoms with E-state index < -0.39 is 5.97 Å². The Morgan fingerprint density at radius 1 is 1.69 bits per heavy atom. The number of rotatable bonds is 3. The van der Waals surface area contributed by atoms with E-state index in [4.69, 9.17) is 5.73 Å². The van der Waals surface area contributed by atoms with E-state index in [0.717, 1.165) is 5.01 Å². The number of hydrogen-bond acceptors (Lipinski definition) is 6. The Hall–Kier alpha value is -1.89. The Morgan fingerprint density at radius 2 is 2.50 bits per heavy atom. The van der Waals surface area contributed by atoms with Crippen molar-refractivity contribution >= 4 is 23.0 Å². The summed E-state index contributed by atoms with van der Waals surface area (Å²) >= 11 is 1.52. The number of esters is 1. The molecular weight excluding hydrogens is 228 g/mol. The Balaban J connectivity index is 2.21. The first kappa shape index (κ1) is 10.6. The number of nitrogen functional groups attached to an aromatic ring is 1. The van der Waals surface area contributed by atoms with Gasteiger partial charge in [0.1, 0.15) is 5.01 Å². The summed E-state index contributed by atoms with van der Waals surface area (Å²) in [5.41, 5.74) is 6.09. The molecule has 0 aliphatic carbocycles. The van der Waals surface area contributed by atoms with Crippen LogP contribution in [0.25, 0.3) is 0 Å². The molecule has 2 aromatic rings. The molecular formula is C9H10N4O2S. The third kappa shape index (κ3) is 2.03. The van der Waals surface area contributed by atoms with E-state index in [1.54, 1.807) is 17.1 Å². The minimum Gasteiger partial charge on any atom is -0.464 e. The SMILES string of the molecule is COC(=O)c1nn(Cc2nccs2)cc1N. The van der Waals surface area contributed by atoms with Crippen molar-refractivity contribution in [3.05, 3.63) is 28.5 Å². The first-order valence-electron chi connectivity index (χ1n) is 4.50. The summed E-state index contributed by atoms with van der Waals surface area (Å²) in [5.74, 6) is -0.532. The number of thiazole rings is 1. The summed E-state index contributed by atoms with van der Waals surface area (Å²) in [4.78, 5) is 15.4. The van der Waals surface area contributed by atoms with Crippen LogP contribution in [0.4, 0.5) is 5.69 Å². The van der Waals surface area contributed by atoms with E-state index in [9.17, 15) is 4.79 Å². The molecule has 0 aromatic carbocycles. The van der Waals surface area contributed by atoms with Crippen LogP contribution < -0.4 is 5.73 Å². The van der Waals surface area contributed by atoms with E-state index in [1.807, 2.05) is 5.38 Å². The number of ether oxygens (including phenoxy) is 1. The lowest BCUT2D eigenvalue weighted by Gasteiger charge is -1.96. The molecule has 2 aromatic heterocycles. The second kappa shape index (κ2) is 4.31. The first-order valence-corrected chi connectivity index (χ1v) is 5.38. The van der Waals surface area contributed by atoms with Crippen LogP contribution in [0.15, 0.2) is 17.8 Å². The van der Waals surface area contributed by atoms with Crippen LogP contribution in [-0.2, 0) is 11.3 Å². The van der Waals surface area contributed by atoms with Crippen LogP contribution in [0.3, 0.4) is 0 Å². The number of hydrogen-bond donors (Lipinski definition) is 1. The molecule has 6 nitrogen and oxygen atoms in total. The minimum atomic E-state index is -0.532.